The molecule has 0 aliphatic rings. The fraction of sp³-hybridized carbons (Fsp3) is 0.538. The Kier molecular flexibility index (Phi) is 5.47. The average Bonchev–Trinajstić information content (AvgIpc) is 2.25. The number of aromatic hydroxyl groups is 2. The highest BCUT2D eigenvalue weighted by Gasteiger charge is 2.25. The maximum Gasteiger partial charge on any atom is 0.389 e. The maximum absolute atomic E-state index is 11.9. The molecule has 19 heavy (non-hydrogen) atoms. The summed E-state index contributed by atoms with van der Waals surface area (Å²) in [6, 6.07) is 4.09. The number of hydrogen-bond donors (Lipinski definition) is 3. The van der Waals surface area contributed by atoms with E-state index in [0.29, 0.717) is 18.5 Å². The second-order valence-corrected chi connectivity index (χ2v) is 4.53. The molecule has 0 aliphatic heterocycles. The van der Waals surface area contributed by atoms with E-state index in [9.17, 15) is 23.4 Å². The van der Waals surface area contributed by atoms with Gasteiger partial charge in [-0.1, -0.05) is 0 Å². The third kappa shape index (κ3) is 6.33. The van der Waals surface area contributed by atoms with Crippen molar-refractivity contribution < 1.29 is 23.4 Å². The highest BCUT2D eigenvalue weighted by Crippen LogP contribution is 2.25. The summed E-state index contributed by atoms with van der Waals surface area (Å²) < 4.78 is 35.8. The summed E-state index contributed by atoms with van der Waals surface area (Å²) in [6.07, 6.45) is -4.35. The summed E-state index contributed by atoms with van der Waals surface area (Å²) in [5.41, 5.74) is 0.688. The van der Waals surface area contributed by atoms with Crippen LogP contribution in [-0.4, -0.2) is 22.9 Å². The van der Waals surface area contributed by atoms with Crippen LogP contribution in [0.2, 0.25) is 0 Å². The Morgan fingerprint density at radius 3 is 2.21 bits per heavy atom. The number of phenolic OH excluding ortho intramolecular Hbond substituents is 2. The molecule has 0 aromatic heterocycles. The van der Waals surface area contributed by atoms with Crippen LogP contribution in [0.3, 0.4) is 0 Å². The molecular weight excluding hydrogens is 259 g/mol. The van der Waals surface area contributed by atoms with Gasteiger partial charge in [0.2, 0.25) is 0 Å². The van der Waals surface area contributed by atoms with E-state index in [0.717, 1.165) is 0 Å². The van der Waals surface area contributed by atoms with Crippen molar-refractivity contribution in [1.29, 1.82) is 0 Å². The minimum absolute atomic E-state index is 0.0410. The quantitative estimate of drug-likeness (QED) is 0.698. The summed E-state index contributed by atoms with van der Waals surface area (Å²) in [5.74, 6) is -0.0820. The van der Waals surface area contributed by atoms with Gasteiger partial charge in [-0.3, -0.25) is 0 Å². The van der Waals surface area contributed by atoms with Crippen molar-refractivity contribution in [2.45, 2.75) is 38.4 Å². The number of benzene rings is 1. The van der Waals surface area contributed by atoms with Gasteiger partial charge < -0.3 is 15.5 Å². The highest BCUT2D eigenvalue weighted by molar-refractivity contribution is 5.37. The summed E-state index contributed by atoms with van der Waals surface area (Å²) in [4.78, 5) is 0. The number of rotatable bonds is 6. The molecule has 3 N–H and O–H groups in total. The van der Waals surface area contributed by atoms with Gasteiger partial charge in [-0.15, -0.1) is 0 Å². The van der Waals surface area contributed by atoms with E-state index in [1.54, 1.807) is 0 Å². The molecule has 0 amide bonds. The first-order chi connectivity index (χ1) is 8.78. The number of unbranched alkanes of at least 4 members (excludes halogenated alkanes) is 1. The lowest BCUT2D eigenvalue weighted by Gasteiger charge is -2.15. The fourth-order valence-corrected chi connectivity index (χ4v) is 1.75. The summed E-state index contributed by atoms with van der Waals surface area (Å²) >= 11 is 0. The van der Waals surface area contributed by atoms with Crippen molar-refractivity contribution in [1.82, 2.24) is 5.32 Å². The van der Waals surface area contributed by atoms with Gasteiger partial charge in [0.15, 0.2) is 0 Å². The van der Waals surface area contributed by atoms with Gasteiger partial charge in [-0.2, -0.15) is 13.2 Å². The molecule has 0 aliphatic carbocycles. The molecule has 0 saturated carbocycles. The smallest absolute Gasteiger partial charge is 0.389 e. The minimum Gasteiger partial charge on any atom is -0.508 e. The third-order valence-corrected chi connectivity index (χ3v) is 2.76. The summed E-state index contributed by atoms with van der Waals surface area (Å²) in [5, 5.41) is 21.7. The molecule has 0 saturated heterocycles. The second kappa shape index (κ2) is 6.65. The Bertz CT molecular complexity index is 387. The molecule has 1 atom stereocenters. The molecule has 6 heteroatoms. The largest absolute Gasteiger partial charge is 0.508 e. The van der Waals surface area contributed by atoms with Crippen LogP contribution in [0.5, 0.6) is 11.5 Å². The zero-order chi connectivity index (χ0) is 14.5. The zero-order valence-corrected chi connectivity index (χ0v) is 10.7. The van der Waals surface area contributed by atoms with Crippen LogP contribution in [0, 0.1) is 0 Å². The van der Waals surface area contributed by atoms with Gasteiger partial charge in [0, 0.05) is 18.5 Å². The van der Waals surface area contributed by atoms with Crippen molar-refractivity contribution in [2.75, 3.05) is 6.54 Å². The van der Waals surface area contributed by atoms with E-state index in [1.165, 1.54) is 18.2 Å². The van der Waals surface area contributed by atoms with Crippen LogP contribution in [0.4, 0.5) is 13.2 Å². The predicted octanol–water partition coefficient (Wildman–Crippen LogP) is 3.48. The molecular formula is C13H18F3NO2. The van der Waals surface area contributed by atoms with Crippen molar-refractivity contribution in [3.05, 3.63) is 23.8 Å². The van der Waals surface area contributed by atoms with E-state index in [-0.39, 0.29) is 24.0 Å². The lowest BCUT2D eigenvalue weighted by atomic mass is 10.1. The first-order valence-electron chi connectivity index (χ1n) is 6.11. The zero-order valence-electron chi connectivity index (χ0n) is 10.7. The van der Waals surface area contributed by atoms with E-state index >= 15 is 0 Å². The molecule has 1 aromatic carbocycles. The number of alkyl halides is 3. The maximum atomic E-state index is 11.9. The van der Waals surface area contributed by atoms with Gasteiger partial charge in [0.1, 0.15) is 11.5 Å². The van der Waals surface area contributed by atoms with Crippen LogP contribution in [0.15, 0.2) is 18.2 Å². The van der Waals surface area contributed by atoms with Gasteiger partial charge in [-0.25, -0.2) is 0 Å². The standard InChI is InChI=1S/C13H18F3NO2/c1-9(10-6-11(18)8-12(19)7-10)17-5-3-2-4-13(14,15)16/h6-9,17-19H,2-5H2,1H3. The van der Waals surface area contributed by atoms with E-state index < -0.39 is 12.6 Å². The normalized spacial score (nSPS) is 13.5. The molecule has 1 aromatic rings. The SMILES string of the molecule is CC(NCCCCC(F)(F)F)c1cc(O)cc(O)c1. The molecule has 0 radical (unpaired) electrons. The topological polar surface area (TPSA) is 52.5 Å². The lowest BCUT2D eigenvalue weighted by molar-refractivity contribution is -0.135. The first-order valence-corrected chi connectivity index (χ1v) is 6.11. The first kappa shape index (κ1) is 15.6. The van der Waals surface area contributed by atoms with Gasteiger partial charge in [-0.05, 0) is 44.0 Å². The monoisotopic (exact) mass is 277 g/mol. The van der Waals surface area contributed by atoms with Crippen molar-refractivity contribution in [3.8, 4) is 11.5 Å². The lowest BCUT2D eigenvalue weighted by Crippen LogP contribution is -2.20. The highest BCUT2D eigenvalue weighted by atomic mass is 19.4. The molecule has 0 heterocycles. The van der Waals surface area contributed by atoms with Gasteiger partial charge in [0.05, 0.1) is 0 Å². The van der Waals surface area contributed by atoms with Crippen LogP contribution < -0.4 is 5.32 Å². The van der Waals surface area contributed by atoms with Gasteiger partial charge in [0.25, 0.3) is 0 Å². The van der Waals surface area contributed by atoms with Crippen LogP contribution in [0.1, 0.15) is 37.8 Å². The van der Waals surface area contributed by atoms with E-state index in [4.69, 9.17) is 0 Å². The molecule has 0 spiro atoms. The van der Waals surface area contributed by atoms with Crippen molar-refractivity contribution in [2.24, 2.45) is 0 Å². The van der Waals surface area contributed by atoms with E-state index in [1.807, 2.05) is 6.92 Å². The average molecular weight is 277 g/mol. The third-order valence-electron chi connectivity index (χ3n) is 2.76. The number of phenols is 2. The van der Waals surface area contributed by atoms with Crippen molar-refractivity contribution in [3.63, 3.8) is 0 Å². The Balaban J connectivity index is 2.33. The molecule has 0 bridgehead atoms. The number of hydrogen-bond acceptors (Lipinski definition) is 3. The Hall–Kier alpha value is -1.43. The predicted molar refractivity (Wildman–Crippen MR) is 66.1 cm³/mol. The second-order valence-electron chi connectivity index (χ2n) is 4.53. The fourth-order valence-electron chi connectivity index (χ4n) is 1.75. The van der Waals surface area contributed by atoms with Crippen LogP contribution >= 0.6 is 0 Å². The van der Waals surface area contributed by atoms with Gasteiger partial charge >= 0.3 is 6.18 Å². The molecule has 0 fully saturated rings. The molecule has 1 rings (SSSR count). The molecule has 1 unspecified atom stereocenters. The Morgan fingerprint density at radius 1 is 1.11 bits per heavy atom. The number of halogens is 3. The van der Waals surface area contributed by atoms with E-state index in [2.05, 4.69) is 5.32 Å². The Morgan fingerprint density at radius 2 is 1.68 bits per heavy atom. The van der Waals surface area contributed by atoms with Crippen LogP contribution in [-0.2, 0) is 0 Å². The van der Waals surface area contributed by atoms with Crippen LogP contribution in [0.25, 0.3) is 0 Å². The number of nitrogens with one attached hydrogen (secondary N) is 1. The molecule has 108 valence electrons. The summed E-state index contributed by atoms with van der Waals surface area (Å²) in [6.45, 7) is 2.27. The minimum atomic E-state index is -4.09. The van der Waals surface area contributed by atoms with Crippen molar-refractivity contribution >= 4 is 0 Å². The molecule has 3 nitrogen and oxygen atoms in total. The summed E-state index contributed by atoms with van der Waals surface area (Å²) in [7, 11) is 0. The Labute approximate surface area is 110 Å².